The van der Waals surface area contributed by atoms with E-state index in [2.05, 4.69) is 11.0 Å². The molecule has 2 aromatic rings. The molecule has 2 aliphatic rings. The maximum Gasteiger partial charge on any atom is 0.248 e. The predicted molar refractivity (Wildman–Crippen MR) is 112 cm³/mol. The number of nitriles is 1. The molecule has 0 saturated carbocycles. The Bertz CT molecular complexity index is 945. The summed E-state index contributed by atoms with van der Waals surface area (Å²) in [5.41, 5.74) is 1.80. The van der Waals surface area contributed by atoms with Crippen LogP contribution in [0.3, 0.4) is 0 Å². The summed E-state index contributed by atoms with van der Waals surface area (Å²) in [4.78, 5) is 16.8. The minimum atomic E-state index is -0.304. The molecule has 164 valence electrons. The van der Waals surface area contributed by atoms with Crippen LogP contribution < -0.4 is 4.74 Å². The van der Waals surface area contributed by atoms with Crippen LogP contribution in [0.25, 0.3) is 0 Å². The number of amides is 1. The molecule has 2 aliphatic heterocycles. The highest BCUT2D eigenvalue weighted by Gasteiger charge is 2.33. The lowest BCUT2D eigenvalue weighted by molar-refractivity contribution is -0.155. The third-order valence-electron chi connectivity index (χ3n) is 5.99. The molecule has 2 fully saturated rings. The molecule has 3 heterocycles. The predicted octanol–water partition coefficient (Wildman–Crippen LogP) is 2.31. The van der Waals surface area contributed by atoms with Crippen LogP contribution in [-0.2, 0) is 23.1 Å². The number of morpholine rings is 1. The second-order valence-corrected chi connectivity index (χ2v) is 8.21. The van der Waals surface area contributed by atoms with Gasteiger partial charge in [-0.25, -0.2) is 4.39 Å². The number of halogens is 1. The van der Waals surface area contributed by atoms with Crippen LogP contribution in [0.5, 0.6) is 5.75 Å². The summed E-state index contributed by atoms with van der Waals surface area (Å²) in [6, 6.07) is 10.2. The fraction of sp³-hybridized carbons (Fsp3) is 0.478. The van der Waals surface area contributed by atoms with Gasteiger partial charge in [0.15, 0.2) is 0 Å². The Morgan fingerprint density at radius 2 is 2.00 bits per heavy atom. The SMILES string of the molecule is Cn1cc(CN2CCC(N3CC(COc4ccc(F)cc4)OCC3=O)CC2)cc1C#N. The zero-order valence-corrected chi connectivity index (χ0v) is 17.7. The Kier molecular flexibility index (Phi) is 6.54. The van der Waals surface area contributed by atoms with E-state index < -0.39 is 0 Å². The van der Waals surface area contributed by atoms with E-state index in [0.717, 1.165) is 38.0 Å². The first-order valence-electron chi connectivity index (χ1n) is 10.6. The summed E-state index contributed by atoms with van der Waals surface area (Å²) in [6.45, 7) is 3.52. The van der Waals surface area contributed by atoms with E-state index in [-0.39, 0.29) is 30.5 Å². The minimum Gasteiger partial charge on any atom is -0.491 e. The molecule has 2 saturated heterocycles. The molecule has 0 radical (unpaired) electrons. The van der Waals surface area contributed by atoms with Gasteiger partial charge in [-0.1, -0.05) is 0 Å². The maximum absolute atomic E-state index is 13.0. The van der Waals surface area contributed by atoms with Crippen molar-refractivity contribution in [2.24, 2.45) is 7.05 Å². The first-order valence-corrected chi connectivity index (χ1v) is 10.6. The molecular weight excluding hydrogens is 399 g/mol. The van der Waals surface area contributed by atoms with Crippen molar-refractivity contribution in [2.45, 2.75) is 31.5 Å². The summed E-state index contributed by atoms with van der Waals surface area (Å²) in [5, 5.41) is 9.12. The number of aryl methyl sites for hydroxylation is 1. The number of likely N-dealkylation sites (tertiary alicyclic amines) is 1. The smallest absolute Gasteiger partial charge is 0.248 e. The van der Waals surface area contributed by atoms with Crippen LogP contribution in [0, 0.1) is 17.1 Å². The fourth-order valence-corrected chi connectivity index (χ4v) is 4.30. The summed E-state index contributed by atoms with van der Waals surface area (Å²) < 4.78 is 26.2. The fourth-order valence-electron chi connectivity index (χ4n) is 4.30. The Labute approximate surface area is 181 Å². The highest BCUT2D eigenvalue weighted by atomic mass is 19.1. The Morgan fingerprint density at radius 3 is 2.68 bits per heavy atom. The van der Waals surface area contributed by atoms with E-state index >= 15 is 0 Å². The van der Waals surface area contributed by atoms with Gasteiger partial charge < -0.3 is 18.9 Å². The summed E-state index contributed by atoms with van der Waals surface area (Å²) in [6.07, 6.45) is 3.63. The highest BCUT2D eigenvalue weighted by Crippen LogP contribution is 2.22. The van der Waals surface area contributed by atoms with Gasteiger partial charge in [0.05, 0.1) is 6.54 Å². The van der Waals surface area contributed by atoms with Crippen LogP contribution in [-0.4, -0.2) is 65.3 Å². The molecule has 31 heavy (non-hydrogen) atoms. The zero-order chi connectivity index (χ0) is 21.8. The molecule has 1 atom stereocenters. The molecule has 1 unspecified atom stereocenters. The molecule has 8 heteroatoms. The number of hydrogen-bond acceptors (Lipinski definition) is 5. The second-order valence-electron chi connectivity index (χ2n) is 8.21. The largest absolute Gasteiger partial charge is 0.491 e. The van der Waals surface area contributed by atoms with Gasteiger partial charge in [-0.2, -0.15) is 5.26 Å². The van der Waals surface area contributed by atoms with E-state index in [9.17, 15) is 9.18 Å². The van der Waals surface area contributed by atoms with E-state index in [1.165, 1.54) is 12.1 Å². The minimum absolute atomic E-state index is 0.0261. The molecule has 4 rings (SSSR count). The van der Waals surface area contributed by atoms with Crippen molar-refractivity contribution < 1.29 is 18.7 Å². The highest BCUT2D eigenvalue weighted by molar-refractivity contribution is 5.78. The van der Waals surface area contributed by atoms with Crippen LogP contribution in [0.15, 0.2) is 36.5 Å². The van der Waals surface area contributed by atoms with Gasteiger partial charge in [-0.3, -0.25) is 9.69 Å². The number of nitrogens with zero attached hydrogens (tertiary/aromatic N) is 4. The van der Waals surface area contributed by atoms with Crippen LogP contribution in [0.2, 0.25) is 0 Å². The zero-order valence-electron chi connectivity index (χ0n) is 17.7. The molecular formula is C23H27FN4O3. The Balaban J connectivity index is 1.27. The van der Waals surface area contributed by atoms with Gasteiger partial charge >= 0.3 is 0 Å². The van der Waals surface area contributed by atoms with E-state index in [1.54, 1.807) is 12.1 Å². The standard InChI is InChI=1S/C23H27FN4O3/c1-26-12-17(10-20(26)11-25)13-27-8-6-19(7-9-27)28-14-22(31-16-23(28)29)15-30-21-4-2-18(24)3-5-21/h2-5,10,12,19,22H,6-9,13-16H2,1H3. The number of piperidine rings is 1. The lowest BCUT2D eigenvalue weighted by Gasteiger charge is -2.42. The van der Waals surface area contributed by atoms with Crippen LogP contribution in [0.1, 0.15) is 24.1 Å². The molecule has 1 aromatic carbocycles. The van der Waals surface area contributed by atoms with Crippen molar-refractivity contribution in [2.75, 3.05) is 32.8 Å². The molecule has 1 amide bonds. The first kappa shape index (κ1) is 21.3. The third kappa shape index (κ3) is 5.24. The second kappa shape index (κ2) is 9.50. The van der Waals surface area contributed by atoms with Gasteiger partial charge in [-0.05, 0) is 48.7 Å². The van der Waals surface area contributed by atoms with Gasteiger partial charge in [0.1, 0.15) is 42.6 Å². The summed E-state index contributed by atoms with van der Waals surface area (Å²) in [7, 11) is 1.88. The Morgan fingerprint density at radius 1 is 1.26 bits per heavy atom. The van der Waals surface area contributed by atoms with Gasteiger partial charge in [-0.15, -0.1) is 0 Å². The lowest BCUT2D eigenvalue weighted by Crippen LogP contribution is -2.55. The number of benzene rings is 1. The summed E-state index contributed by atoms with van der Waals surface area (Å²) in [5.74, 6) is 0.308. The lowest BCUT2D eigenvalue weighted by atomic mass is 10.0. The van der Waals surface area contributed by atoms with Crippen LogP contribution in [0.4, 0.5) is 4.39 Å². The van der Waals surface area contributed by atoms with Crippen molar-refractivity contribution >= 4 is 5.91 Å². The Hall–Kier alpha value is -2.89. The van der Waals surface area contributed by atoms with Gasteiger partial charge in [0.2, 0.25) is 5.91 Å². The van der Waals surface area contributed by atoms with Crippen molar-refractivity contribution in [3.05, 3.63) is 53.6 Å². The van der Waals surface area contributed by atoms with Gasteiger partial charge in [0, 0.05) is 38.9 Å². The number of rotatable bonds is 6. The quantitative estimate of drug-likeness (QED) is 0.709. The summed E-state index contributed by atoms with van der Waals surface area (Å²) >= 11 is 0. The molecule has 7 nitrogen and oxygen atoms in total. The monoisotopic (exact) mass is 426 g/mol. The van der Waals surface area contributed by atoms with Crippen LogP contribution >= 0.6 is 0 Å². The van der Waals surface area contributed by atoms with E-state index in [0.29, 0.717) is 24.6 Å². The van der Waals surface area contributed by atoms with Crippen molar-refractivity contribution in [1.29, 1.82) is 5.26 Å². The van der Waals surface area contributed by atoms with E-state index in [4.69, 9.17) is 14.7 Å². The average molecular weight is 426 g/mol. The first-order chi connectivity index (χ1) is 15.0. The normalized spacial score (nSPS) is 20.6. The molecule has 0 aliphatic carbocycles. The number of aromatic nitrogens is 1. The molecule has 1 aromatic heterocycles. The average Bonchev–Trinajstić information content (AvgIpc) is 3.14. The topological polar surface area (TPSA) is 70.7 Å². The van der Waals surface area contributed by atoms with Crippen molar-refractivity contribution in [3.8, 4) is 11.8 Å². The molecule has 0 bridgehead atoms. The van der Waals surface area contributed by atoms with E-state index in [1.807, 2.05) is 28.8 Å². The van der Waals surface area contributed by atoms with Gasteiger partial charge in [0.25, 0.3) is 0 Å². The van der Waals surface area contributed by atoms with Crippen molar-refractivity contribution in [3.63, 3.8) is 0 Å². The maximum atomic E-state index is 13.0. The third-order valence-corrected chi connectivity index (χ3v) is 5.99. The number of ether oxygens (including phenoxy) is 2. The molecule has 0 N–H and O–H groups in total. The number of hydrogen-bond donors (Lipinski definition) is 0. The number of carbonyl (C=O) groups excluding carboxylic acids is 1. The van der Waals surface area contributed by atoms with Crippen molar-refractivity contribution in [1.82, 2.24) is 14.4 Å². The number of carbonyl (C=O) groups is 1. The molecule has 0 spiro atoms.